The van der Waals surface area contributed by atoms with E-state index in [0.29, 0.717) is 6.42 Å². The van der Waals surface area contributed by atoms with E-state index in [1.54, 1.807) is 6.92 Å². The van der Waals surface area contributed by atoms with E-state index in [-0.39, 0.29) is 19.4 Å². The molecule has 0 radical (unpaired) electrons. The molecule has 0 aliphatic carbocycles. The molecule has 0 bridgehead atoms. The van der Waals surface area contributed by atoms with Crippen LogP contribution in [-0.2, 0) is 19.1 Å². The summed E-state index contributed by atoms with van der Waals surface area (Å²) in [6.45, 7) is 11.4. The first-order chi connectivity index (χ1) is 7.49. The molecule has 108 valence electrons. The molecular formula is C13H32O4. The van der Waals surface area contributed by atoms with Gasteiger partial charge in [-0.1, -0.05) is 48.5 Å². The lowest BCUT2D eigenvalue weighted by Crippen LogP contribution is -1.94. The van der Waals surface area contributed by atoms with Gasteiger partial charge in [-0.3, -0.25) is 9.59 Å². The highest BCUT2D eigenvalue weighted by Gasteiger charge is 1.87. The van der Waals surface area contributed by atoms with Crippen LogP contribution >= 0.6 is 0 Å². The smallest absolute Gasteiger partial charge is 0.305 e. The Morgan fingerprint density at radius 2 is 1.18 bits per heavy atom. The zero-order chi connectivity index (χ0) is 14.0. The monoisotopic (exact) mass is 252 g/mol. The van der Waals surface area contributed by atoms with Crippen molar-refractivity contribution in [1.82, 2.24) is 0 Å². The summed E-state index contributed by atoms with van der Waals surface area (Å²) < 4.78 is 8.37. The maximum absolute atomic E-state index is 9.96. The zero-order valence-corrected chi connectivity index (χ0v) is 12.0. The van der Waals surface area contributed by atoms with Crippen molar-refractivity contribution >= 4 is 11.9 Å². The summed E-state index contributed by atoms with van der Waals surface area (Å²) in [7, 11) is 2.73. The van der Waals surface area contributed by atoms with E-state index in [4.69, 9.17) is 0 Å². The Labute approximate surface area is 108 Å². The molecule has 0 aliphatic heterocycles. The predicted octanol–water partition coefficient (Wildman–Crippen LogP) is 3.83. The lowest BCUT2D eigenvalue weighted by molar-refractivity contribution is -0.140. The Kier molecular flexibility index (Phi) is 63.5. The van der Waals surface area contributed by atoms with Crippen molar-refractivity contribution in [1.29, 1.82) is 0 Å². The Balaban J connectivity index is -0.0000000399. The quantitative estimate of drug-likeness (QED) is 0.666. The van der Waals surface area contributed by atoms with Gasteiger partial charge in [0.05, 0.1) is 14.2 Å². The van der Waals surface area contributed by atoms with E-state index in [9.17, 15) is 9.59 Å². The van der Waals surface area contributed by atoms with Crippen molar-refractivity contribution < 1.29 is 19.1 Å². The van der Waals surface area contributed by atoms with E-state index in [1.807, 2.05) is 13.8 Å². The number of esters is 2. The topological polar surface area (TPSA) is 52.6 Å². The van der Waals surface area contributed by atoms with Gasteiger partial charge in [0.15, 0.2) is 0 Å². The Bertz CT molecular complexity index is 127. The second-order valence-electron chi connectivity index (χ2n) is 2.33. The van der Waals surface area contributed by atoms with Crippen LogP contribution in [0.4, 0.5) is 0 Å². The number of methoxy groups -OCH3 is 2. The highest BCUT2D eigenvalue weighted by atomic mass is 16.5. The molecule has 0 aromatic heterocycles. The van der Waals surface area contributed by atoms with Crippen molar-refractivity contribution in [3.63, 3.8) is 0 Å². The van der Waals surface area contributed by atoms with Gasteiger partial charge < -0.3 is 9.47 Å². The molecule has 0 aromatic carbocycles. The molecule has 0 heterocycles. The molecule has 4 nitrogen and oxygen atoms in total. The van der Waals surface area contributed by atoms with Gasteiger partial charge in [0.2, 0.25) is 0 Å². The van der Waals surface area contributed by atoms with Gasteiger partial charge in [-0.05, 0) is 0 Å². The fourth-order valence-electron chi connectivity index (χ4n) is 0.144. The average molecular weight is 252 g/mol. The van der Waals surface area contributed by atoms with Gasteiger partial charge >= 0.3 is 11.9 Å². The standard InChI is InChI=1S/C4H8O2.C3H6O2.C3H8.C2H6.CH4/c1-3-4(5)6-2;1-3(4)5-2;1-3-2;1-2;/h3H2,1-2H3;1-2H3;3H2,1-2H3;1-2H3;1H4. The highest BCUT2D eigenvalue weighted by Crippen LogP contribution is 1.76. The van der Waals surface area contributed by atoms with Gasteiger partial charge in [0, 0.05) is 13.3 Å². The fraction of sp³-hybridized carbons (Fsp3) is 0.846. The second-order valence-corrected chi connectivity index (χ2v) is 2.33. The summed E-state index contributed by atoms with van der Waals surface area (Å²) in [6, 6.07) is 0. The van der Waals surface area contributed by atoms with Crippen LogP contribution in [0.2, 0.25) is 0 Å². The van der Waals surface area contributed by atoms with Crippen LogP contribution in [0, 0.1) is 0 Å². The first-order valence-corrected chi connectivity index (χ1v) is 5.61. The van der Waals surface area contributed by atoms with Crippen molar-refractivity contribution in [3.05, 3.63) is 0 Å². The largest absolute Gasteiger partial charge is 0.469 e. The van der Waals surface area contributed by atoms with Crippen LogP contribution in [0.1, 0.15) is 61.8 Å². The third-order valence-corrected chi connectivity index (χ3v) is 0.804. The van der Waals surface area contributed by atoms with E-state index in [0.717, 1.165) is 0 Å². The van der Waals surface area contributed by atoms with Crippen LogP contribution in [0.15, 0.2) is 0 Å². The van der Waals surface area contributed by atoms with Crippen LogP contribution in [0.5, 0.6) is 0 Å². The molecule has 0 saturated heterocycles. The molecule has 17 heavy (non-hydrogen) atoms. The Hall–Kier alpha value is -1.06. The van der Waals surface area contributed by atoms with Gasteiger partial charge in [0.1, 0.15) is 0 Å². The summed E-state index contributed by atoms with van der Waals surface area (Å²) in [6.07, 6.45) is 1.72. The fourth-order valence-corrected chi connectivity index (χ4v) is 0.144. The molecule has 0 N–H and O–H groups in total. The molecule has 0 fully saturated rings. The normalized spacial score (nSPS) is 6.12. The van der Waals surface area contributed by atoms with Gasteiger partial charge in [-0.2, -0.15) is 0 Å². The molecule has 4 heteroatoms. The number of carbonyl (C=O) groups is 2. The average Bonchev–Trinajstić information content (AvgIpc) is 2.32. The summed E-state index contributed by atoms with van der Waals surface area (Å²) in [5.41, 5.74) is 0. The van der Waals surface area contributed by atoms with Gasteiger partial charge in [0.25, 0.3) is 0 Å². The minimum absolute atomic E-state index is 0. The van der Waals surface area contributed by atoms with E-state index in [1.165, 1.54) is 27.6 Å². The zero-order valence-electron chi connectivity index (χ0n) is 12.0. The number of hydrogen-bond acceptors (Lipinski definition) is 4. The van der Waals surface area contributed by atoms with E-state index < -0.39 is 0 Å². The molecule has 0 aromatic rings. The molecule has 0 atom stereocenters. The minimum Gasteiger partial charge on any atom is -0.469 e. The molecule has 0 unspecified atom stereocenters. The molecule has 0 saturated carbocycles. The minimum atomic E-state index is -0.245. The first kappa shape index (κ1) is 29.7. The van der Waals surface area contributed by atoms with Crippen molar-refractivity contribution in [2.45, 2.75) is 61.8 Å². The van der Waals surface area contributed by atoms with Gasteiger partial charge in [-0.25, -0.2) is 0 Å². The summed E-state index contributed by atoms with van der Waals surface area (Å²) in [4.78, 5) is 19.5. The SMILES string of the molecule is C.CC.CCC.CCC(=O)OC.COC(C)=O. The first-order valence-electron chi connectivity index (χ1n) is 5.61. The number of carbonyl (C=O) groups excluding carboxylic acids is 2. The highest BCUT2D eigenvalue weighted by molar-refractivity contribution is 5.68. The van der Waals surface area contributed by atoms with Crippen molar-refractivity contribution in [2.24, 2.45) is 0 Å². The van der Waals surface area contributed by atoms with E-state index >= 15 is 0 Å². The lowest BCUT2D eigenvalue weighted by atomic mass is 10.5. The summed E-state index contributed by atoms with van der Waals surface area (Å²) in [5, 5.41) is 0. The third kappa shape index (κ3) is 103. The van der Waals surface area contributed by atoms with Crippen molar-refractivity contribution in [3.8, 4) is 0 Å². The Morgan fingerprint density at radius 3 is 1.18 bits per heavy atom. The number of ether oxygens (including phenoxy) is 2. The van der Waals surface area contributed by atoms with Gasteiger partial charge in [-0.15, -0.1) is 0 Å². The maximum atomic E-state index is 9.96. The summed E-state index contributed by atoms with van der Waals surface area (Å²) in [5.74, 6) is -0.403. The van der Waals surface area contributed by atoms with Crippen LogP contribution in [-0.4, -0.2) is 26.2 Å². The molecule has 0 spiro atoms. The van der Waals surface area contributed by atoms with Crippen LogP contribution in [0.25, 0.3) is 0 Å². The predicted molar refractivity (Wildman–Crippen MR) is 74.0 cm³/mol. The third-order valence-electron chi connectivity index (χ3n) is 0.804. The number of rotatable bonds is 1. The molecule has 0 aliphatic rings. The van der Waals surface area contributed by atoms with Crippen molar-refractivity contribution in [2.75, 3.05) is 14.2 Å². The Morgan fingerprint density at radius 1 is 0.941 bits per heavy atom. The summed E-state index contributed by atoms with van der Waals surface area (Å²) >= 11 is 0. The molecular weight excluding hydrogens is 220 g/mol. The molecule has 0 rings (SSSR count). The van der Waals surface area contributed by atoms with Crippen LogP contribution in [0.3, 0.4) is 0 Å². The second kappa shape index (κ2) is 36.3. The van der Waals surface area contributed by atoms with E-state index in [2.05, 4.69) is 23.3 Å². The van der Waals surface area contributed by atoms with Crippen LogP contribution < -0.4 is 0 Å². The molecule has 0 amide bonds. The maximum Gasteiger partial charge on any atom is 0.305 e. The number of hydrogen-bond donors (Lipinski definition) is 0. The lowest BCUT2D eigenvalue weighted by Gasteiger charge is -1.87.